The average Bonchev–Trinajstić information content (AvgIpc) is 3.02. The second-order valence-corrected chi connectivity index (χ2v) is 11.8. The van der Waals surface area contributed by atoms with E-state index in [9.17, 15) is 22.8 Å². The van der Waals surface area contributed by atoms with Crippen molar-refractivity contribution in [3.05, 3.63) is 108 Å². The predicted molar refractivity (Wildman–Crippen MR) is 164 cm³/mol. The molecule has 0 saturated heterocycles. The number of esters is 1. The maximum atomic E-state index is 13.1. The summed E-state index contributed by atoms with van der Waals surface area (Å²) in [7, 11) is -3.07. The molecule has 4 aromatic rings. The minimum Gasteiger partial charge on any atom is -0.467 e. The summed E-state index contributed by atoms with van der Waals surface area (Å²) in [6.45, 7) is 1.51. The number of rotatable bonds is 9. The number of amides is 2. The lowest BCUT2D eigenvalue weighted by atomic mass is 10.0. The zero-order valence-electron chi connectivity index (χ0n) is 23.5. The number of ether oxygens (including phenoxy) is 1. The molecule has 2 amide bonds. The van der Waals surface area contributed by atoms with Crippen molar-refractivity contribution >= 4 is 49.9 Å². The fourth-order valence-corrected chi connectivity index (χ4v) is 5.58. The molecule has 43 heavy (non-hydrogen) atoms. The van der Waals surface area contributed by atoms with E-state index < -0.39 is 45.1 Å². The Labute approximate surface area is 248 Å². The molecule has 11 nitrogen and oxygen atoms in total. The third kappa shape index (κ3) is 6.61. The standard InChI is InChI=1S/C31H31N5O6S/c1-19(32)30(38)36(24-10-4-3-5-11-24)26(31(39)42-2)21-12-14-22(15-13-21)27(33)35-29(37)28(34)43(40,41)25-17-16-20-8-6-7-9-23(20)18-25/h3-19,26,28H,32,34H2,1-2H3,(H2,33,35,37)/t19-,26-,28?/m0/s1. The molecular weight excluding hydrogens is 570 g/mol. The molecule has 0 bridgehead atoms. The van der Waals surface area contributed by atoms with Crippen LogP contribution in [0, 0.1) is 0 Å². The lowest BCUT2D eigenvalue weighted by molar-refractivity contribution is -0.143. The molecule has 3 atom stereocenters. The first-order valence-corrected chi connectivity index (χ1v) is 14.7. The molecule has 12 heteroatoms. The fraction of sp³-hybridized carbons (Fsp3) is 0.161. The third-order valence-electron chi connectivity index (χ3n) is 6.72. The maximum absolute atomic E-state index is 13.1. The van der Waals surface area contributed by atoms with Gasteiger partial charge in [0.2, 0.25) is 15.7 Å². The summed E-state index contributed by atoms with van der Waals surface area (Å²) in [6.07, 6.45) is 0. The summed E-state index contributed by atoms with van der Waals surface area (Å²) in [6, 6.07) is 24.0. The normalized spacial score (nSPS) is 14.0. The Morgan fingerprint density at radius 1 is 0.837 bits per heavy atom. The Bertz CT molecular complexity index is 1790. The first-order valence-electron chi connectivity index (χ1n) is 13.1. The van der Waals surface area contributed by atoms with E-state index >= 15 is 0 Å². The van der Waals surface area contributed by atoms with Crippen molar-refractivity contribution in [3.63, 3.8) is 0 Å². The summed E-state index contributed by atoms with van der Waals surface area (Å²) in [5.74, 6) is -2.67. The third-order valence-corrected chi connectivity index (χ3v) is 8.51. The molecule has 222 valence electrons. The first-order chi connectivity index (χ1) is 20.4. The van der Waals surface area contributed by atoms with Gasteiger partial charge in [0.25, 0.3) is 5.91 Å². The zero-order chi connectivity index (χ0) is 31.3. The largest absolute Gasteiger partial charge is 0.467 e. The van der Waals surface area contributed by atoms with E-state index in [2.05, 4.69) is 4.99 Å². The summed E-state index contributed by atoms with van der Waals surface area (Å²) in [5, 5.41) is -0.487. The first kappa shape index (κ1) is 31.0. The van der Waals surface area contributed by atoms with E-state index in [4.69, 9.17) is 21.9 Å². The number of benzene rings is 4. The van der Waals surface area contributed by atoms with E-state index in [1.807, 2.05) is 12.1 Å². The van der Waals surface area contributed by atoms with E-state index in [1.165, 1.54) is 55.3 Å². The number of carbonyl (C=O) groups excluding carboxylic acids is 3. The summed E-state index contributed by atoms with van der Waals surface area (Å²) < 4.78 is 31.2. The van der Waals surface area contributed by atoms with Gasteiger partial charge >= 0.3 is 5.97 Å². The minimum atomic E-state index is -4.27. The van der Waals surface area contributed by atoms with Gasteiger partial charge < -0.3 is 21.9 Å². The lowest BCUT2D eigenvalue weighted by Crippen LogP contribution is -2.47. The predicted octanol–water partition coefficient (Wildman–Crippen LogP) is 2.42. The number of methoxy groups -OCH3 is 1. The van der Waals surface area contributed by atoms with E-state index in [1.54, 1.807) is 48.5 Å². The number of nitrogens with two attached hydrogens (primary N) is 3. The molecule has 0 aromatic heterocycles. The number of carbonyl (C=O) groups is 3. The topological polar surface area (TPSA) is 188 Å². The van der Waals surface area contributed by atoms with Crippen LogP contribution in [0.15, 0.2) is 107 Å². The fourth-order valence-electron chi connectivity index (χ4n) is 4.42. The van der Waals surface area contributed by atoms with E-state index in [0.29, 0.717) is 16.6 Å². The molecule has 6 N–H and O–H groups in total. The van der Waals surface area contributed by atoms with Gasteiger partial charge in [0, 0.05) is 11.3 Å². The Balaban J connectivity index is 1.61. The number of para-hydroxylation sites is 1. The molecule has 0 aliphatic rings. The van der Waals surface area contributed by atoms with Crippen LogP contribution in [0.2, 0.25) is 0 Å². The molecule has 0 fully saturated rings. The van der Waals surface area contributed by atoms with Crippen LogP contribution in [-0.4, -0.2) is 50.6 Å². The van der Waals surface area contributed by atoms with Crippen molar-refractivity contribution in [2.24, 2.45) is 22.2 Å². The molecule has 0 aliphatic carbocycles. The van der Waals surface area contributed by atoms with Crippen LogP contribution in [0.3, 0.4) is 0 Å². The highest BCUT2D eigenvalue weighted by Crippen LogP contribution is 2.29. The van der Waals surface area contributed by atoms with Gasteiger partial charge in [-0.05, 0) is 47.5 Å². The Morgan fingerprint density at radius 3 is 2.05 bits per heavy atom. The second kappa shape index (κ2) is 12.9. The van der Waals surface area contributed by atoms with E-state index in [-0.39, 0.29) is 16.3 Å². The maximum Gasteiger partial charge on any atom is 0.333 e. The van der Waals surface area contributed by atoms with Gasteiger partial charge in [0.1, 0.15) is 5.84 Å². The van der Waals surface area contributed by atoms with Crippen molar-refractivity contribution in [1.29, 1.82) is 0 Å². The Hall–Kier alpha value is -4.91. The molecule has 0 saturated carbocycles. The summed E-state index contributed by atoms with van der Waals surface area (Å²) >= 11 is 0. The molecule has 0 aliphatic heterocycles. The summed E-state index contributed by atoms with van der Waals surface area (Å²) in [5.41, 5.74) is 18.8. The zero-order valence-corrected chi connectivity index (χ0v) is 24.3. The van der Waals surface area contributed by atoms with Crippen LogP contribution in [-0.2, 0) is 29.0 Å². The smallest absolute Gasteiger partial charge is 0.333 e. The van der Waals surface area contributed by atoms with Crippen molar-refractivity contribution in [3.8, 4) is 0 Å². The Morgan fingerprint density at radius 2 is 1.44 bits per heavy atom. The highest BCUT2D eigenvalue weighted by Gasteiger charge is 2.35. The Kier molecular flexibility index (Phi) is 9.34. The number of amidine groups is 1. The molecule has 0 radical (unpaired) electrons. The van der Waals surface area contributed by atoms with E-state index in [0.717, 1.165) is 5.39 Å². The number of aliphatic imine (C=N–C) groups is 1. The highest BCUT2D eigenvalue weighted by molar-refractivity contribution is 7.92. The van der Waals surface area contributed by atoms with Crippen molar-refractivity contribution in [2.75, 3.05) is 12.0 Å². The lowest BCUT2D eigenvalue weighted by Gasteiger charge is -2.31. The van der Waals surface area contributed by atoms with Crippen LogP contribution in [0.5, 0.6) is 0 Å². The van der Waals surface area contributed by atoms with Crippen LogP contribution in [0.4, 0.5) is 5.69 Å². The SMILES string of the molecule is COC(=O)[C@H](c1ccc(C(N)=NC(=O)C(N)S(=O)(=O)c2ccc3ccccc3c2)cc1)N(C(=O)[C@H](C)N)c1ccccc1. The van der Waals surface area contributed by atoms with Crippen LogP contribution in [0.25, 0.3) is 10.8 Å². The van der Waals surface area contributed by atoms with Gasteiger partial charge in [-0.1, -0.05) is 72.8 Å². The number of anilines is 1. The number of sulfone groups is 1. The second-order valence-electron chi connectivity index (χ2n) is 9.69. The van der Waals surface area contributed by atoms with Crippen LogP contribution in [0.1, 0.15) is 24.1 Å². The van der Waals surface area contributed by atoms with Crippen molar-refractivity contribution in [2.45, 2.75) is 29.3 Å². The molecule has 4 aromatic carbocycles. The number of fused-ring (bicyclic) bond motifs is 1. The average molecular weight is 602 g/mol. The summed E-state index contributed by atoms with van der Waals surface area (Å²) in [4.78, 5) is 43.8. The molecule has 0 heterocycles. The van der Waals surface area contributed by atoms with Gasteiger partial charge in [-0.15, -0.1) is 0 Å². The minimum absolute atomic E-state index is 0.122. The number of hydrogen-bond donors (Lipinski definition) is 3. The molecule has 0 spiro atoms. The number of hydrogen-bond acceptors (Lipinski definition) is 8. The van der Waals surface area contributed by atoms with Gasteiger partial charge in [0.15, 0.2) is 11.4 Å². The number of nitrogens with zero attached hydrogens (tertiary/aromatic N) is 2. The van der Waals surface area contributed by atoms with Crippen molar-refractivity contribution in [1.82, 2.24) is 0 Å². The highest BCUT2D eigenvalue weighted by atomic mass is 32.2. The van der Waals surface area contributed by atoms with Gasteiger partial charge in [-0.25, -0.2) is 13.2 Å². The van der Waals surface area contributed by atoms with Crippen molar-refractivity contribution < 1.29 is 27.5 Å². The van der Waals surface area contributed by atoms with Gasteiger partial charge in [0.05, 0.1) is 18.0 Å². The quantitative estimate of drug-likeness (QED) is 0.147. The van der Waals surface area contributed by atoms with Gasteiger partial charge in [-0.3, -0.25) is 14.5 Å². The molecule has 4 rings (SSSR count). The monoisotopic (exact) mass is 601 g/mol. The van der Waals surface area contributed by atoms with Crippen LogP contribution >= 0.6 is 0 Å². The molecular formula is C31H31N5O6S. The van der Waals surface area contributed by atoms with Crippen LogP contribution < -0.4 is 22.1 Å². The molecule has 1 unspecified atom stereocenters. The van der Waals surface area contributed by atoms with Gasteiger partial charge in [-0.2, -0.15) is 4.99 Å².